The summed E-state index contributed by atoms with van der Waals surface area (Å²) in [5.41, 5.74) is 1.73. The highest BCUT2D eigenvalue weighted by Crippen LogP contribution is 2.37. The number of benzene rings is 1. The second-order valence-corrected chi connectivity index (χ2v) is 5.63. The van der Waals surface area contributed by atoms with Crippen molar-refractivity contribution < 1.29 is 4.39 Å². The van der Waals surface area contributed by atoms with Gasteiger partial charge in [-0.05, 0) is 29.5 Å². The van der Waals surface area contributed by atoms with Crippen LogP contribution in [0.25, 0.3) is 0 Å². The van der Waals surface area contributed by atoms with Crippen LogP contribution in [0.4, 0.5) is 10.1 Å². The van der Waals surface area contributed by atoms with Gasteiger partial charge in [-0.1, -0.05) is 32.4 Å². The maximum absolute atomic E-state index is 13.6. The van der Waals surface area contributed by atoms with Gasteiger partial charge in [-0.2, -0.15) is 0 Å². The molecule has 15 heavy (non-hydrogen) atoms. The van der Waals surface area contributed by atoms with Crippen LogP contribution in [0.2, 0.25) is 5.02 Å². The van der Waals surface area contributed by atoms with E-state index in [4.69, 9.17) is 11.6 Å². The summed E-state index contributed by atoms with van der Waals surface area (Å²) in [7, 11) is 0. The molecular weight excluding hydrogens is 213 g/mol. The van der Waals surface area contributed by atoms with Gasteiger partial charge in [-0.3, -0.25) is 0 Å². The summed E-state index contributed by atoms with van der Waals surface area (Å²) in [4.78, 5) is 0. The van der Waals surface area contributed by atoms with Crippen LogP contribution in [-0.4, -0.2) is 6.04 Å². The van der Waals surface area contributed by atoms with Crippen molar-refractivity contribution in [3.8, 4) is 0 Å². The average Bonchev–Trinajstić information content (AvgIpc) is 2.46. The SMILES string of the molecule is CC(C)(C)C1Cc2cc(Cl)cc(F)c2N1. The minimum Gasteiger partial charge on any atom is -0.379 e. The second-order valence-electron chi connectivity index (χ2n) is 5.19. The molecule has 0 spiro atoms. The number of halogens is 2. The summed E-state index contributed by atoms with van der Waals surface area (Å²) in [6.07, 6.45) is 0.844. The van der Waals surface area contributed by atoms with Crippen molar-refractivity contribution in [2.75, 3.05) is 5.32 Å². The molecule has 0 bridgehead atoms. The minimum atomic E-state index is -0.246. The molecule has 1 aromatic rings. The first-order valence-corrected chi connectivity index (χ1v) is 5.50. The maximum atomic E-state index is 13.6. The Kier molecular flexibility index (Phi) is 2.42. The highest BCUT2D eigenvalue weighted by molar-refractivity contribution is 6.30. The lowest BCUT2D eigenvalue weighted by molar-refractivity contribution is 0.347. The molecule has 1 aliphatic rings. The molecule has 0 amide bonds. The Morgan fingerprint density at radius 3 is 2.67 bits per heavy atom. The number of nitrogens with one attached hydrogen (secondary N) is 1. The fourth-order valence-electron chi connectivity index (χ4n) is 1.92. The van der Waals surface area contributed by atoms with Crippen LogP contribution >= 0.6 is 11.6 Å². The van der Waals surface area contributed by atoms with Gasteiger partial charge in [0.2, 0.25) is 0 Å². The Morgan fingerprint density at radius 2 is 2.07 bits per heavy atom. The molecule has 2 rings (SSSR count). The van der Waals surface area contributed by atoms with Crippen molar-refractivity contribution in [1.82, 2.24) is 0 Å². The van der Waals surface area contributed by atoms with Crippen LogP contribution in [0, 0.1) is 11.2 Å². The predicted octanol–water partition coefficient (Wildman–Crippen LogP) is 3.86. The molecule has 1 aliphatic heterocycles. The molecule has 1 unspecified atom stereocenters. The van der Waals surface area contributed by atoms with Gasteiger partial charge < -0.3 is 5.32 Å². The lowest BCUT2D eigenvalue weighted by atomic mass is 9.85. The van der Waals surface area contributed by atoms with Crippen molar-refractivity contribution in [3.05, 3.63) is 28.5 Å². The number of rotatable bonds is 0. The number of hydrogen-bond acceptors (Lipinski definition) is 1. The molecule has 0 saturated carbocycles. The van der Waals surface area contributed by atoms with Gasteiger partial charge in [-0.25, -0.2) is 4.39 Å². The van der Waals surface area contributed by atoms with Crippen LogP contribution in [0.1, 0.15) is 26.3 Å². The fourth-order valence-corrected chi connectivity index (χ4v) is 2.14. The molecule has 0 radical (unpaired) electrons. The van der Waals surface area contributed by atoms with Crippen molar-refractivity contribution in [2.45, 2.75) is 33.2 Å². The summed E-state index contributed by atoms with van der Waals surface area (Å²) < 4.78 is 13.6. The molecule has 82 valence electrons. The van der Waals surface area contributed by atoms with Gasteiger partial charge in [0.25, 0.3) is 0 Å². The third kappa shape index (κ3) is 1.96. The van der Waals surface area contributed by atoms with Crippen LogP contribution in [0.3, 0.4) is 0 Å². The average molecular weight is 228 g/mol. The van der Waals surface area contributed by atoms with Crippen LogP contribution < -0.4 is 5.32 Å². The van der Waals surface area contributed by atoms with Crippen molar-refractivity contribution in [1.29, 1.82) is 0 Å². The first kappa shape index (κ1) is 10.7. The molecule has 0 aromatic heterocycles. The molecule has 1 heterocycles. The highest BCUT2D eigenvalue weighted by atomic mass is 35.5. The van der Waals surface area contributed by atoms with E-state index in [9.17, 15) is 4.39 Å². The molecule has 1 aromatic carbocycles. The number of hydrogen-bond donors (Lipinski definition) is 1. The van der Waals surface area contributed by atoms with E-state index in [1.54, 1.807) is 0 Å². The first-order chi connectivity index (χ1) is 6.88. The molecule has 1 nitrogen and oxygen atoms in total. The largest absolute Gasteiger partial charge is 0.379 e. The van der Waals surface area contributed by atoms with E-state index in [1.807, 2.05) is 6.07 Å². The zero-order chi connectivity index (χ0) is 11.2. The van der Waals surface area contributed by atoms with E-state index in [-0.39, 0.29) is 17.3 Å². The molecule has 1 N–H and O–H groups in total. The van der Waals surface area contributed by atoms with Gasteiger partial charge in [0, 0.05) is 11.1 Å². The zero-order valence-corrected chi connectivity index (χ0v) is 9.95. The molecule has 0 aliphatic carbocycles. The minimum absolute atomic E-state index is 0.123. The Labute approximate surface area is 94.6 Å². The molecule has 1 atom stereocenters. The third-order valence-electron chi connectivity index (χ3n) is 2.92. The lowest BCUT2D eigenvalue weighted by Gasteiger charge is -2.27. The first-order valence-electron chi connectivity index (χ1n) is 5.12. The highest BCUT2D eigenvalue weighted by Gasteiger charge is 2.32. The molecule has 3 heteroatoms. The van der Waals surface area contributed by atoms with E-state index >= 15 is 0 Å². The van der Waals surface area contributed by atoms with Gasteiger partial charge in [0.05, 0.1) is 5.69 Å². The summed E-state index contributed by atoms with van der Waals surface area (Å²) >= 11 is 5.82. The smallest absolute Gasteiger partial charge is 0.148 e. The zero-order valence-electron chi connectivity index (χ0n) is 9.20. The monoisotopic (exact) mass is 227 g/mol. The van der Waals surface area contributed by atoms with E-state index in [0.29, 0.717) is 10.7 Å². The van der Waals surface area contributed by atoms with Crippen LogP contribution in [0.15, 0.2) is 12.1 Å². The standard InChI is InChI=1S/C12H15ClFN/c1-12(2,3)10-5-7-4-8(13)6-9(14)11(7)15-10/h4,6,10,15H,5H2,1-3H3. The molecular formula is C12H15ClFN. The Hall–Kier alpha value is -0.760. The predicted molar refractivity (Wildman–Crippen MR) is 62.0 cm³/mol. The van der Waals surface area contributed by atoms with E-state index < -0.39 is 0 Å². The summed E-state index contributed by atoms with van der Waals surface area (Å²) in [5, 5.41) is 3.71. The second kappa shape index (κ2) is 3.38. The molecule has 0 fully saturated rings. The van der Waals surface area contributed by atoms with Gasteiger partial charge in [0.1, 0.15) is 5.82 Å². The summed E-state index contributed by atoms with van der Waals surface area (Å²) in [6.45, 7) is 6.45. The van der Waals surface area contributed by atoms with Crippen molar-refractivity contribution in [2.24, 2.45) is 5.41 Å². The van der Waals surface area contributed by atoms with Crippen LogP contribution in [-0.2, 0) is 6.42 Å². The van der Waals surface area contributed by atoms with Gasteiger partial charge in [0.15, 0.2) is 0 Å². The maximum Gasteiger partial charge on any atom is 0.148 e. The third-order valence-corrected chi connectivity index (χ3v) is 3.14. The van der Waals surface area contributed by atoms with E-state index in [0.717, 1.165) is 12.0 Å². The van der Waals surface area contributed by atoms with Gasteiger partial charge in [-0.15, -0.1) is 0 Å². The topological polar surface area (TPSA) is 12.0 Å². The normalized spacial score (nSPS) is 19.9. The number of anilines is 1. The Morgan fingerprint density at radius 1 is 1.40 bits per heavy atom. The Bertz CT molecular complexity index is 395. The summed E-state index contributed by atoms with van der Waals surface area (Å²) in [6, 6.07) is 3.48. The lowest BCUT2D eigenvalue weighted by Crippen LogP contribution is -2.31. The fraction of sp³-hybridized carbons (Fsp3) is 0.500. The van der Waals surface area contributed by atoms with E-state index in [2.05, 4.69) is 26.1 Å². The number of fused-ring (bicyclic) bond motifs is 1. The summed E-state index contributed by atoms with van der Waals surface area (Å²) in [5.74, 6) is -0.246. The van der Waals surface area contributed by atoms with Crippen LogP contribution in [0.5, 0.6) is 0 Å². The van der Waals surface area contributed by atoms with Crippen molar-refractivity contribution >= 4 is 17.3 Å². The van der Waals surface area contributed by atoms with E-state index in [1.165, 1.54) is 6.07 Å². The van der Waals surface area contributed by atoms with Crippen molar-refractivity contribution in [3.63, 3.8) is 0 Å². The quantitative estimate of drug-likeness (QED) is 0.710. The van der Waals surface area contributed by atoms with Gasteiger partial charge >= 0.3 is 0 Å². The Balaban J connectivity index is 2.35. The molecule has 0 saturated heterocycles.